The van der Waals surface area contributed by atoms with E-state index in [1.54, 1.807) is 11.8 Å². The van der Waals surface area contributed by atoms with E-state index in [1.165, 1.54) is 0 Å². The number of nitrogens with zero attached hydrogens (tertiary/aromatic N) is 1. The van der Waals surface area contributed by atoms with Crippen molar-refractivity contribution in [1.82, 2.24) is 5.32 Å². The second kappa shape index (κ2) is 5.51. The lowest BCUT2D eigenvalue weighted by Crippen LogP contribution is -2.70. The van der Waals surface area contributed by atoms with Crippen LogP contribution >= 0.6 is 0 Å². The summed E-state index contributed by atoms with van der Waals surface area (Å²) in [5.74, 6) is -0.0571. The van der Waals surface area contributed by atoms with Crippen LogP contribution < -0.4 is 10.2 Å². The van der Waals surface area contributed by atoms with Gasteiger partial charge in [0, 0.05) is 5.69 Å². The van der Waals surface area contributed by atoms with Crippen molar-refractivity contribution in [1.29, 1.82) is 0 Å². The molecule has 2 atom stereocenters. The molecule has 2 amide bonds. The highest BCUT2D eigenvalue weighted by molar-refractivity contribution is 6.10. The minimum Gasteiger partial charge on any atom is -0.340 e. The van der Waals surface area contributed by atoms with E-state index in [-0.39, 0.29) is 17.7 Å². The Kier molecular flexibility index (Phi) is 4.08. The zero-order valence-corrected chi connectivity index (χ0v) is 13.4. The van der Waals surface area contributed by atoms with Gasteiger partial charge in [-0.05, 0) is 38.3 Å². The van der Waals surface area contributed by atoms with Crippen LogP contribution in [0.25, 0.3) is 0 Å². The number of amides is 2. The minimum atomic E-state index is -0.826. The summed E-state index contributed by atoms with van der Waals surface area (Å²) in [5, 5.41) is 2.90. The van der Waals surface area contributed by atoms with Crippen LogP contribution in [0.15, 0.2) is 24.3 Å². The van der Waals surface area contributed by atoms with Crippen molar-refractivity contribution in [3.05, 3.63) is 29.8 Å². The van der Waals surface area contributed by atoms with Crippen LogP contribution in [-0.2, 0) is 9.59 Å². The first-order valence-electron chi connectivity index (χ1n) is 7.52. The Bertz CT molecular complexity index is 550. The van der Waals surface area contributed by atoms with Crippen molar-refractivity contribution in [2.45, 2.75) is 52.6 Å². The molecule has 0 saturated carbocycles. The zero-order chi connectivity index (χ0) is 15.8. The molecule has 1 aliphatic rings. The predicted molar refractivity (Wildman–Crippen MR) is 84.1 cm³/mol. The summed E-state index contributed by atoms with van der Waals surface area (Å²) in [5.41, 5.74) is 1.10. The van der Waals surface area contributed by atoms with Crippen LogP contribution in [0, 0.1) is 12.8 Å². The second-order valence-corrected chi connectivity index (χ2v) is 6.37. The maximum Gasteiger partial charge on any atom is 0.253 e. The monoisotopic (exact) mass is 288 g/mol. The molecule has 2 rings (SSSR count). The minimum absolute atomic E-state index is 0.0350. The third kappa shape index (κ3) is 2.67. The summed E-state index contributed by atoms with van der Waals surface area (Å²) in [6.07, 6.45) is 0.574. The zero-order valence-electron chi connectivity index (χ0n) is 13.4. The van der Waals surface area contributed by atoms with Gasteiger partial charge in [0.15, 0.2) is 0 Å². The van der Waals surface area contributed by atoms with Gasteiger partial charge in [-0.25, -0.2) is 0 Å². The Morgan fingerprint density at radius 2 is 1.81 bits per heavy atom. The quantitative estimate of drug-likeness (QED) is 0.929. The summed E-state index contributed by atoms with van der Waals surface area (Å²) in [6.45, 7) is 9.65. The number of hydrogen-bond acceptors (Lipinski definition) is 2. The molecule has 114 valence electrons. The van der Waals surface area contributed by atoms with E-state index in [9.17, 15) is 9.59 Å². The van der Waals surface area contributed by atoms with E-state index < -0.39 is 11.6 Å². The van der Waals surface area contributed by atoms with Gasteiger partial charge in [-0.2, -0.15) is 0 Å². The third-order valence-corrected chi connectivity index (χ3v) is 4.29. The van der Waals surface area contributed by atoms with E-state index in [1.807, 2.05) is 52.0 Å². The van der Waals surface area contributed by atoms with E-state index in [0.717, 1.165) is 11.3 Å². The fourth-order valence-corrected chi connectivity index (χ4v) is 2.73. The molecule has 21 heavy (non-hydrogen) atoms. The van der Waals surface area contributed by atoms with E-state index in [0.29, 0.717) is 6.42 Å². The van der Waals surface area contributed by atoms with E-state index >= 15 is 0 Å². The SMILES string of the molecule is CCC1(C)NC(=O)C(C(C)C)N(c2ccc(C)cc2)C1=O. The van der Waals surface area contributed by atoms with Crippen LogP contribution in [0.5, 0.6) is 0 Å². The summed E-state index contributed by atoms with van der Waals surface area (Å²) in [6, 6.07) is 7.31. The molecule has 2 unspecified atom stereocenters. The molecule has 0 bridgehead atoms. The fraction of sp³-hybridized carbons (Fsp3) is 0.529. The van der Waals surface area contributed by atoms with Crippen LogP contribution in [0.3, 0.4) is 0 Å². The Hall–Kier alpha value is -1.84. The first kappa shape index (κ1) is 15.5. The molecule has 1 fully saturated rings. The third-order valence-electron chi connectivity index (χ3n) is 4.29. The van der Waals surface area contributed by atoms with Gasteiger partial charge in [-0.1, -0.05) is 38.5 Å². The molecule has 1 saturated heterocycles. The number of benzene rings is 1. The Labute approximate surface area is 126 Å². The van der Waals surface area contributed by atoms with E-state index in [2.05, 4.69) is 5.32 Å². The molecular weight excluding hydrogens is 264 g/mol. The highest BCUT2D eigenvalue weighted by atomic mass is 16.2. The number of piperazine rings is 1. The van der Waals surface area contributed by atoms with Crippen LogP contribution in [0.1, 0.15) is 39.7 Å². The number of rotatable bonds is 3. The number of nitrogens with one attached hydrogen (secondary N) is 1. The largest absolute Gasteiger partial charge is 0.340 e. The summed E-state index contributed by atoms with van der Waals surface area (Å²) < 4.78 is 0. The molecule has 0 aliphatic carbocycles. The molecule has 0 spiro atoms. The smallest absolute Gasteiger partial charge is 0.253 e. The topological polar surface area (TPSA) is 49.4 Å². The lowest BCUT2D eigenvalue weighted by Gasteiger charge is -2.45. The molecule has 1 aliphatic heterocycles. The molecule has 1 heterocycles. The Morgan fingerprint density at radius 1 is 1.24 bits per heavy atom. The molecule has 1 aromatic rings. The van der Waals surface area contributed by atoms with Crippen molar-refractivity contribution in [3.63, 3.8) is 0 Å². The first-order valence-corrected chi connectivity index (χ1v) is 7.52. The van der Waals surface area contributed by atoms with Crippen LogP contribution in [-0.4, -0.2) is 23.4 Å². The normalized spacial score (nSPS) is 26.2. The molecule has 4 heteroatoms. The summed E-state index contributed by atoms with van der Waals surface area (Å²) >= 11 is 0. The van der Waals surface area contributed by atoms with Crippen molar-refractivity contribution in [3.8, 4) is 0 Å². The lowest BCUT2D eigenvalue weighted by atomic mass is 9.88. The van der Waals surface area contributed by atoms with Gasteiger partial charge in [-0.3, -0.25) is 14.5 Å². The number of anilines is 1. The van der Waals surface area contributed by atoms with Gasteiger partial charge in [-0.15, -0.1) is 0 Å². The van der Waals surface area contributed by atoms with Crippen LogP contribution in [0.4, 0.5) is 5.69 Å². The van der Waals surface area contributed by atoms with Crippen molar-refractivity contribution in [2.24, 2.45) is 5.92 Å². The number of carbonyl (C=O) groups is 2. The van der Waals surface area contributed by atoms with Crippen molar-refractivity contribution >= 4 is 17.5 Å². The highest BCUT2D eigenvalue weighted by Gasteiger charge is 2.48. The number of hydrogen-bond donors (Lipinski definition) is 1. The van der Waals surface area contributed by atoms with Crippen LogP contribution in [0.2, 0.25) is 0 Å². The number of aryl methyl sites for hydroxylation is 1. The van der Waals surface area contributed by atoms with Crippen molar-refractivity contribution < 1.29 is 9.59 Å². The second-order valence-electron chi connectivity index (χ2n) is 6.37. The summed E-state index contributed by atoms with van der Waals surface area (Å²) in [4.78, 5) is 27.1. The Morgan fingerprint density at radius 3 is 2.29 bits per heavy atom. The Balaban J connectivity index is 2.51. The maximum absolute atomic E-state index is 12.9. The summed E-state index contributed by atoms with van der Waals surface area (Å²) in [7, 11) is 0. The highest BCUT2D eigenvalue weighted by Crippen LogP contribution is 2.30. The van der Waals surface area contributed by atoms with Gasteiger partial charge in [0.05, 0.1) is 0 Å². The van der Waals surface area contributed by atoms with E-state index in [4.69, 9.17) is 0 Å². The number of carbonyl (C=O) groups excluding carboxylic acids is 2. The molecule has 1 N–H and O–H groups in total. The van der Waals surface area contributed by atoms with Gasteiger partial charge in [0.1, 0.15) is 11.6 Å². The van der Waals surface area contributed by atoms with Crippen molar-refractivity contribution in [2.75, 3.05) is 4.90 Å². The lowest BCUT2D eigenvalue weighted by molar-refractivity contribution is -0.138. The van der Waals surface area contributed by atoms with Gasteiger partial charge in [0.2, 0.25) is 5.91 Å². The molecule has 1 aromatic carbocycles. The molecular formula is C17H24N2O2. The maximum atomic E-state index is 12.9. The molecule has 0 aromatic heterocycles. The van der Waals surface area contributed by atoms with Gasteiger partial charge >= 0.3 is 0 Å². The average Bonchev–Trinajstić information content (AvgIpc) is 2.43. The van der Waals surface area contributed by atoms with Gasteiger partial charge in [0.25, 0.3) is 5.91 Å². The predicted octanol–water partition coefficient (Wildman–Crippen LogP) is 2.65. The fourth-order valence-electron chi connectivity index (χ4n) is 2.73. The standard InChI is InChI=1S/C17H24N2O2/c1-6-17(5)16(21)19(13-9-7-12(4)8-10-13)14(11(2)3)15(20)18-17/h7-11,14H,6H2,1-5H3,(H,18,20). The first-order chi connectivity index (χ1) is 9.80. The average molecular weight is 288 g/mol. The molecule has 4 nitrogen and oxygen atoms in total. The van der Waals surface area contributed by atoms with Gasteiger partial charge < -0.3 is 5.32 Å². The molecule has 0 radical (unpaired) electrons.